The smallest absolute Gasteiger partial charge is 0.415 e. The van der Waals surface area contributed by atoms with Crippen molar-refractivity contribution in [2.75, 3.05) is 7.11 Å². The van der Waals surface area contributed by atoms with E-state index in [0.717, 1.165) is 72.3 Å². The highest BCUT2D eigenvalue weighted by Crippen LogP contribution is 2.35. The highest BCUT2D eigenvalue weighted by atomic mass is 35.5. The van der Waals surface area contributed by atoms with E-state index in [9.17, 15) is 22.4 Å². The van der Waals surface area contributed by atoms with Gasteiger partial charge in [0.25, 0.3) is 0 Å². The summed E-state index contributed by atoms with van der Waals surface area (Å²) in [6, 6.07) is 11.5. The topological polar surface area (TPSA) is 54.4 Å². The number of carbonyl (C=O) groups is 1. The molecule has 0 amide bonds. The summed E-state index contributed by atoms with van der Waals surface area (Å²) in [6.45, 7) is 11.0. The maximum atomic E-state index is 14.0. The number of nitrogens with one attached hydrogen (secondary N) is 1. The van der Waals surface area contributed by atoms with Gasteiger partial charge in [-0.1, -0.05) is 76.1 Å². The van der Waals surface area contributed by atoms with Gasteiger partial charge < -0.3 is 9.72 Å². The number of aliphatic imine (C=N–C) groups is 1. The van der Waals surface area contributed by atoms with E-state index in [0.29, 0.717) is 12.8 Å². The highest BCUT2D eigenvalue weighted by Gasteiger charge is 2.29. The normalized spacial score (nSPS) is 12.7. The van der Waals surface area contributed by atoms with Crippen LogP contribution in [0.3, 0.4) is 0 Å². The molecule has 234 valence electrons. The lowest BCUT2D eigenvalue weighted by atomic mass is 9.91. The molecule has 1 aromatic heterocycles. The fourth-order valence-electron chi connectivity index (χ4n) is 4.52. The van der Waals surface area contributed by atoms with Gasteiger partial charge in [-0.15, -0.1) is 0 Å². The number of halogens is 5. The summed E-state index contributed by atoms with van der Waals surface area (Å²) < 4.78 is 54.5. The lowest BCUT2D eigenvalue weighted by molar-refractivity contribution is -0.140. The number of aryl methyl sites for hydroxylation is 2. The third kappa shape index (κ3) is 11.0. The van der Waals surface area contributed by atoms with Crippen molar-refractivity contribution in [1.29, 1.82) is 0 Å². The van der Waals surface area contributed by atoms with E-state index in [1.807, 2.05) is 6.92 Å². The molecule has 0 aliphatic carbocycles. The van der Waals surface area contributed by atoms with Crippen LogP contribution < -0.4 is 0 Å². The first kappa shape index (κ1) is 35.8. The van der Waals surface area contributed by atoms with Crippen molar-refractivity contribution in [2.45, 2.75) is 84.7 Å². The molecule has 1 heterocycles. The van der Waals surface area contributed by atoms with Crippen LogP contribution in [0.15, 0.2) is 65.8 Å². The lowest BCUT2D eigenvalue weighted by Crippen LogP contribution is -2.08. The van der Waals surface area contributed by atoms with Gasteiger partial charge in [0.05, 0.1) is 12.1 Å². The largest absolute Gasteiger partial charge is 0.469 e. The van der Waals surface area contributed by atoms with E-state index in [2.05, 4.69) is 54.7 Å². The van der Waals surface area contributed by atoms with Crippen molar-refractivity contribution in [2.24, 2.45) is 4.99 Å². The van der Waals surface area contributed by atoms with Crippen LogP contribution >= 0.6 is 11.6 Å². The molecule has 0 saturated heterocycles. The molecule has 0 aliphatic heterocycles. The van der Waals surface area contributed by atoms with Gasteiger partial charge in [0.2, 0.25) is 0 Å². The standard InChI is InChI=1S/C24H27ClFNO2.C10H14F3N/c1-4-5-6-18-19-13-20(25)21(26)14-22(19)27-24(18)15(2)17-10-7-16(8-11-17)9-12-23(28)29-3;1-4-5-9(3)14-7-6-8(2)10(11,12)13/h7-8,10-11,13-15,27H,4-6,9,12H2,1-3H3;6-7H,2,4-5H2,1,3H3/b;7-6-,14-9?. The summed E-state index contributed by atoms with van der Waals surface area (Å²) in [5, 5.41) is 1.16. The zero-order chi connectivity index (χ0) is 32.2. The van der Waals surface area contributed by atoms with Gasteiger partial charge in [-0.2, -0.15) is 13.2 Å². The van der Waals surface area contributed by atoms with Crippen LogP contribution in [0.25, 0.3) is 10.9 Å². The number of aromatic amines is 1. The Bertz CT molecular complexity index is 1420. The first-order chi connectivity index (χ1) is 20.3. The van der Waals surface area contributed by atoms with Gasteiger partial charge in [0, 0.05) is 46.4 Å². The van der Waals surface area contributed by atoms with Gasteiger partial charge in [0.1, 0.15) is 5.82 Å². The summed E-state index contributed by atoms with van der Waals surface area (Å²) in [5.74, 6) is -0.477. The average molecular weight is 621 g/mol. The Morgan fingerprint density at radius 3 is 2.37 bits per heavy atom. The minimum Gasteiger partial charge on any atom is -0.469 e. The second-order valence-corrected chi connectivity index (χ2v) is 10.8. The van der Waals surface area contributed by atoms with Crippen LogP contribution in [0, 0.1) is 5.82 Å². The Morgan fingerprint density at radius 1 is 1.12 bits per heavy atom. The van der Waals surface area contributed by atoms with E-state index >= 15 is 0 Å². The highest BCUT2D eigenvalue weighted by molar-refractivity contribution is 6.31. The third-order valence-electron chi connectivity index (χ3n) is 7.07. The number of H-pyrrole nitrogens is 1. The van der Waals surface area contributed by atoms with Crippen LogP contribution in [0.4, 0.5) is 17.6 Å². The number of hydrogen-bond donors (Lipinski definition) is 1. The number of hydrogen-bond acceptors (Lipinski definition) is 3. The van der Waals surface area contributed by atoms with E-state index in [1.165, 1.54) is 24.3 Å². The average Bonchev–Trinajstić information content (AvgIpc) is 3.31. The third-order valence-corrected chi connectivity index (χ3v) is 7.35. The molecule has 43 heavy (non-hydrogen) atoms. The quantitative estimate of drug-likeness (QED) is 0.0948. The predicted octanol–water partition coefficient (Wildman–Crippen LogP) is 10.4. The molecule has 3 aromatic rings. The Hall–Kier alpha value is -3.39. The summed E-state index contributed by atoms with van der Waals surface area (Å²) in [5.41, 5.74) is 5.31. The van der Waals surface area contributed by atoms with Crippen LogP contribution in [0.2, 0.25) is 5.02 Å². The molecule has 3 rings (SSSR count). The molecule has 0 bridgehead atoms. The molecular formula is C34H41ClF4N2O2. The van der Waals surface area contributed by atoms with Crippen LogP contribution in [0.1, 0.15) is 88.1 Å². The number of unbranched alkanes of at least 4 members (excludes halogenated alkanes) is 1. The van der Waals surface area contributed by atoms with Crippen LogP contribution in [-0.2, 0) is 22.4 Å². The number of methoxy groups -OCH3 is 1. The Kier molecular flexibility index (Phi) is 14.2. The second-order valence-electron chi connectivity index (χ2n) is 10.4. The van der Waals surface area contributed by atoms with Gasteiger partial charge >= 0.3 is 12.1 Å². The first-order valence-electron chi connectivity index (χ1n) is 14.4. The number of benzene rings is 2. The SMILES string of the molecule is C=C(/C=C\N=C(C)CCC)C(F)(F)F.CCCCc1c(C(C)c2ccc(CCC(=O)OC)cc2)[nH]c2cc(F)c(Cl)cc12. The van der Waals surface area contributed by atoms with Crippen molar-refractivity contribution in [1.82, 2.24) is 4.98 Å². The van der Waals surface area contributed by atoms with Crippen molar-refractivity contribution in [3.8, 4) is 0 Å². The maximum Gasteiger partial charge on any atom is 0.415 e. The number of alkyl halides is 3. The molecule has 1 unspecified atom stereocenters. The van der Waals surface area contributed by atoms with Crippen LogP contribution in [0.5, 0.6) is 0 Å². The minimum atomic E-state index is -4.36. The van der Waals surface area contributed by atoms with E-state index in [4.69, 9.17) is 16.3 Å². The molecule has 2 aromatic carbocycles. The Balaban J connectivity index is 0.000000391. The summed E-state index contributed by atoms with van der Waals surface area (Å²) in [4.78, 5) is 18.6. The number of aromatic nitrogens is 1. The molecule has 0 aliphatic rings. The zero-order valence-electron chi connectivity index (χ0n) is 25.5. The van der Waals surface area contributed by atoms with E-state index in [-0.39, 0.29) is 16.9 Å². The predicted molar refractivity (Wildman–Crippen MR) is 169 cm³/mol. The summed E-state index contributed by atoms with van der Waals surface area (Å²) in [7, 11) is 1.41. The number of fused-ring (bicyclic) bond motifs is 1. The molecule has 0 saturated carbocycles. The van der Waals surface area contributed by atoms with Gasteiger partial charge in [0.15, 0.2) is 0 Å². The number of nitrogens with zero attached hydrogens (tertiary/aromatic N) is 1. The molecule has 1 N–H and O–H groups in total. The van der Waals surface area contributed by atoms with Crippen molar-refractivity contribution in [3.05, 3.63) is 94.1 Å². The monoisotopic (exact) mass is 620 g/mol. The maximum absolute atomic E-state index is 14.0. The molecule has 1 atom stereocenters. The zero-order valence-corrected chi connectivity index (χ0v) is 26.3. The van der Waals surface area contributed by atoms with E-state index in [1.54, 1.807) is 13.0 Å². The number of esters is 1. The van der Waals surface area contributed by atoms with Crippen LogP contribution in [-0.4, -0.2) is 30.0 Å². The second kappa shape index (κ2) is 17.0. The molecular weight excluding hydrogens is 580 g/mol. The molecule has 0 spiro atoms. The fourth-order valence-corrected chi connectivity index (χ4v) is 4.69. The van der Waals surface area contributed by atoms with Gasteiger partial charge in [-0.25, -0.2) is 4.39 Å². The van der Waals surface area contributed by atoms with Crippen molar-refractivity contribution < 1.29 is 27.1 Å². The molecule has 4 nitrogen and oxygen atoms in total. The van der Waals surface area contributed by atoms with Gasteiger partial charge in [-0.3, -0.25) is 9.79 Å². The van der Waals surface area contributed by atoms with E-state index < -0.39 is 17.6 Å². The lowest BCUT2D eigenvalue weighted by Gasteiger charge is -2.14. The Morgan fingerprint density at radius 2 is 1.79 bits per heavy atom. The Labute approximate surface area is 256 Å². The van der Waals surface area contributed by atoms with Crippen molar-refractivity contribution >= 4 is 34.2 Å². The van der Waals surface area contributed by atoms with Gasteiger partial charge in [-0.05, 0) is 67.5 Å². The summed E-state index contributed by atoms with van der Waals surface area (Å²) in [6.07, 6.45) is 3.50. The number of allylic oxidation sites excluding steroid dienone is 2. The minimum absolute atomic E-state index is 0.130. The molecule has 0 radical (unpaired) electrons. The number of rotatable bonds is 12. The summed E-state index contributed by atoms with van der Waals surface area (Å²) >= 11 is 6.06. The number of carbonyl (C=O) groups excluding carboxylic acids is 1. The first-order valence-corrected chi connectivity index (χ1v) is 14.8. The molecule has 0 fully saturated rings. The fraction of sp³-hybridized carbons (Fsp3) is 0.412. The van der Waals surface area contributed by atoms with Crippen molar-refractivity contribution in [3.63, 3.8) is 0 Å². The molecule has 9 heteroatoms. The number of ether oxygens (including phenoxy) is 1.